The lowest BCUT2D eigenvalue weighted by molar-refractivity contribution is 0.279. The molecule has 2 saturated carbocycles. The molecule has 2 heteroatoms. The monoisotopic (exact) mass is 261 g/mol. The molecule has 1 N–H and O–H groups in total. The van der Waals surface area contributed by atoms with E-state index in [0.29, 0.717) is 12.0 Å². The number of halogens is 1. The number of nitrogens with one attached hydrogen (secondary N) is 1. The minimum Gasteiger partial charge on any atom is -0.314 e. The Kier molecular flexibility index (Phi) is 4.17. The zero-order valence-corrected chi connectivity index (χ0v) is 11.6. The van der Waals surface area contributed by atoms with E-state index in [-0.39, 0.29) is 5.82 Å². The van der Waals surface area contributed by atoms with Crippen LogP contribution in [0, 0.1) is 11.7 Å². The van der Waals surface area contributed by atoms with Crippen LogP contribution >= 0.6 is 0 Å². The summed E-state index contributed by atoms with van der Waals surface area (Å²) in [6.45, 7) is 1.15. The molecule has 0 spiro atoms. The smallest absolute Gasteiger partial charge is 0.126 e. The maximum atomic E-state index is 13.6. The number of benzene rings is 1. The number of hydrogen-bond acceptors (Lipinski definition) is 1. The Bertz CT molecular complexity index is 405. The van der Waals surface area contributed by atoms with Crippen LogP contribution in [-0.4, -0.2) is 12.6 Å². The van der Waals surface area contributed by atoms with E-state index in [4.69, 9.17) is 0 Å². The van der Waals surface area contributed by atoms with Gasteiger partial charge in [-0.3, -0.25) is 0 Å². The lowest BCUT2D eigenvalue weighted by atomic mass is 9.75. The highest BCUT2D eigenvalue weighted by molar-refractivity contribution is 5.24. The lowest BCUT2D eigenvalue weighted by Gasteiger charge is -2.36. The van der Waals surface area contributed by atoms with Crippen LogP contribution < -0.4 is 5.32 Å². The summed E-state index contributed by atoms with van der Waals surface area (Å²) in [6.07, 6.45) is 9.28. The second-order valence-corrected chi connectivity index (χ2v) is 6.28. The zero-order chi connectivity index (χ0) is 13.1. The summed E-state index contributed by atoms with van der Waals surface area (Å²) >= 11 is 0. The molecule has 1 aromatic rings. The van der Waals surface area contributed by atoms with Crippen molar-refractivity contribution in [2.75, 3.05) is 6.54 Å². The van der Waals surface area contributed by atoms with Gasteiger partial charge in [0.2, 0.25) is 0 Å². The standard InChI is InChI=1S/C17H24FN/c18-17-8-4-3-7-16(17)14-11-15(12-14)19-10-9-13-5-1-2-6-13/h3-4,7-8,13-15,19H,1-2,5-6,9-12H2. The highest BCUT2D eigenvalue weighted by Crippen LogP contribution is 2.38. The van der Waals surface area contributed by atoms with Gasteiger partial charge in [-0.15, -0.1) is 0 Å². The molecule has 0 radical (unpaired) electrons. The molecule has 0 aliphatic heterocycles. The van der Waals surface area contributed by atoms with E-state index >= 15 is 0 Å². The Morgan fingerprint density at radius 2 is 1.84 bits per heavy atom. The first-order chi connectivity index (χ1) is 9.33. The summed E-state index contributed by atoms with van der Waals surface area (Å²) in [4.78, 5) is 0. The van der Waals surface area contributed by atoms with Crippen molar-refractivity contribution in [3.63, 3.8) is 0 Å². The molecule has 0 amide bonds. The second-order valence-electron chi connectivity index (χ2n) is 6.28. The quantitative estimate of drug-likeness (QED) is 0.836. The van der Waals surface area contributed by atoms with Gasteiger partial charge in [-0.25, -0.2) is 4.39 Å². The van der Waals surface area contributed by atoms with Crippen LogP contribution in [0.2, 0.25) is 0 Å². The molecule has 2 aliphatic carbocycles. The van der Waals surface area contributed by atoms with Crippen LogP contribution in [0.4, 0.5) is 4.39 Å². The summed E-state index contributed by atoms with van der Waals surface area (Å²) in [5.41, 5.74) is 0.913. The van der Waals surface area contributed by atoms with Crippen molar-refractivity contribution in [1.29, 1.82) is 0 Å². The molecule has 0 unspecified atom stereocenters. The van der Waals surface area contributed by atoms with Crippen molar-refractivity contribution >= 4 is 0 Å². The van der Waals surface area contributed by atoms with Gasteiger partial charge in [0.25, 0.3) is 0 Å². The Balaban J connectivity index is 1.37. The summed E-state index contributed by atoms with van der Waals surface area (Å²) < 4.78 is 13.6. The predicted octanol–water partition coefficient (Wildman–Crippen LogP) is 4.24. The molecular weight excluding hydrogens is 237 g/mol. The molecule has 1 aromatic carbocycles. The fourth-order valence-electron chi connectivity index (χ4n) is 3.64. The van der Waals surface area contributed by atoms with E-state index in [9.17, 15) is 4.39 Å². The zero-order valence-electron chi connectivity index (χ0n) is 11.6. The predicted molar refractivity (Wildman–Crippen MR) is 76.7 cm³/mol. The van der Waals surface area contributed by atoms with Crippen LogP contribution in [0.15, 0.2) is 24.3 Å². The van der Waals surface area contributed by atoms with Gasteiger partial charge >= 0.3 is 0 Å². The van der Waals surface area contributed by atoms with Crippen LogP contribution in [-0.2, 0) is 0 Å². The fraction of sp³-hybridized carbons (Fsp3) is 0.647. The largest absolute Gasteiger partial charge is 0.314 e. The summed E-state index contributed by atoms with van der Waals surface area (Å²) in [5.74, 6) is 1.37. The minimum atomic E-state index is -0.0306. The molecule has 0 bridgehead atoms. The van der Waals surface area contributed by atoms with Crippen LogP contribution in [0.3, 0.4) is 0 Å². The van der Waals surface area contributed by atoms with E-state index in [1.54, 1.807) is 12.1 Å². The highest BCUT2D eigenvalue weighted by atomic mass is 19.1. The minimum absolute atomic E-state index is 0.0306. The van der Waals surface area contributed by atoms with Crippen molar-refractivity contribution in [3.05, 3.63) is 35.6 Å². The van der Waals surface area contributed by atoms with Crippen molar-refractivity contribution in [3.8, 4) is 0 Å². The SMILES string of the molecule is Fc1ccccc1C1CC(NCCC2CCCC2)C1. The van der Waals surface area contributed by atoms with Crippen molar-refractivity contribution in [2.45, 2.75) is 56.9 Å². The van der Waals surface area contributed by atoms with Gasteiger partial charge in [0, 0.05) is 6.04 Å². The number of hydrogen-bond donors (Lipinski definition) is 1. The average molecular weight is 261 g/mol. The molecule has 0 atom stereocenters. The van der Waals surface area contributed by atoms with Crippen LogP contribution in [0.5, 0.6) is 0 Å². The fourth-order valence-corrected chi connectivity index (χ4v) is 3.64. The Morgan fingerprint density at radius 1 is 1.11 bits per heavy atom. The first-order valence-electron chi connectivity index (χ1n) is 7.80. The number of rotatable bonds is 5. The Morgan fingerprint density at radius 3 is 2.58 bits per heavy atom. The third kappa shape index (κ3) is 3.17. The normalized spacial score (nSPS) is 27.4. The first-order valence-corrected chi connectivity index (χ1v) is 7.80. The Labute approximate surface area is 115 Å². The summed E-state index contributed by atoms with van der Waals surface area (Å²) in [7, 11) is 0. The van der Waals surface area contributed by atoms with E-state index < -0.39 is 0 Å². The highest BCUT2D eigenvalue weighted by Gasteiger charge is 2.31. The molecule has 0 heterocycles. The molecule has 0 aromatic heterocycles. The van der Waals surface area contributed by atoms with Gasteiger partial charge in [-0.05, 0) is 49.3 Å². The van der Waals surface area contributed by atoms with Gasteiger partial charge in [0.15, 0.2) is 0 Å². The molecule has 0 saturated heterocycles. The van der Waals surface area contributed by atoms with E-state index in [1.165, 1.54) is 32.1 Å². The average Bonchev–Trinajstić information content (AvgIpc) is 2.87. The maximum Gasteiger partial charge on any atom is 0.126 e. The second kappa shape index (κ2) is 6.04. The summed E-state index contributed by atoms with van der Waals surface area (Å²) in [6, 6.07) is 7.85. The first kappa shape index (κ1) is 13.1. The topological polar surface area (TPSA) is 12.0 Å². The lowest BCUT2D eigenvalue weighted by Crippen LogP contribution is -2.41. The maximum absolute atomic E-state index is 13.6. The van der Waals surface area contributed by atoms with Gasteiger partial charge in [-0.1, -0.05) is 43.9 Å². The van der Waals surface area contributed by atoms with Gasteiger partial charge in [-0.2, -0.15) is 0 Å². The van der Waals surface area contributed by atoms with Crippen molar-refractivity contribution in [2.24, 2.45) is 5.92 Å². The molecule has 2 fully saturated rings. The van der Waals surface area contributed by atoms with Crippen LogP contribution in [0.1, 0.15) is 56.4 Å². The van der Waals surface area contributed by atoms with Crippen LogP contribution in [0.25, 0.3) is 0 Å². The van der Waals surface area contributed by atoms with Gasteiger partial charge in [0.1, 0.15) is 5.82 Å². The van der Waals surface area contributed by atoms with Gasteiger partial charge < -0.3 is 5.32 Å². The molecule has 2 aliphatic rings. The Hall–Kier alpha value is -0.890. The molecule has 3 rings (SSSR count). The van der Waals surface area contributed by atoms with Gasteiger partial charge in [0.05, 0.1) is 0 Å². The molecule has 1 nitrogen and oxygen atoms in total. The van der Waals surface area contributed by atoms with E-state index in [0.717, 1.165) is 30.9 Å². The van der Waals surface area contributed by atoms with E-state index in [1.807, 2.05) is 12.1 Å². The summed E-state index contributed by atoms with van der Waals surface area (Å²) in [5, 5.41) is 3.64. The molecular formula is C17H24FN. The third-order valence-corrected chi connectivity index (χ3v) is 4.94. The van der Waals surface area contributed by atoms with E-state index in [2.05, 4.69) is 5.32 Å². The molecule has 19 heavy (non-hydrogen) atoms. The molecule has 104 valence electrons. The van der Waals surface area contributed by atoms with Crippen molar-refractivity contribution < 1.29 is 4.39 Å². The third-order valence-electron chi connectivity index (χ3n) is 4.94. The van der Waals surface area contributed by atoms with Crippen molar-refractivity contribution in [1.82, 2.24) is 5.32 Å².